The van der Waals surface area contributed by atoms with Crippen LogP contribution in [-0.4, -0.2) is 19.8 Å². The zero-order valence-corrected chi connectivity index (χ0v) is 5.69. The van der Waals surface area contributed by atoms with E-state index in [9.17, 15) is 4.79 Å². The summed E-state index contributed by atoms with van der Waals surface area (Å²) in [4.78, 5) is 11.1. The second-order valence-electron chi connectivity index (χ2n) is 2.56. The monoisotopic (exact) mass is 140 g/mol. The average Bonchev–Trinajstić information content (AvgIpc) is 2.67. The highest BCUT2D eigenvalue weighted by Gasteiger charge is 2.27. The molecule has 0 aliphatic heterocycles. The quantitative estimate of drug-likeness (QED) is 0.519. The van der Waals surface area contributed by atoms with Crippen LogP contribution < -0.4 is 5.69 Å². The summed E-state index contributed by atoms with van der Waals surface area (Å²) in [6.07, 6.45) is 2.14. The Kier molecular flexibility index (Phi) is 0.947. The molecule has 0 saturated heterocycles. The van der Waals surface area contributed by atoms with Crippen molar-refractivity contribution in [2.45, 2.75) is 18.9 Å². The van der Waals surface area contributed by atoms with Gasteiger partial charge in [-0.05, 0) is 23.3 Å². The van der Waals surface area contributed by atoms with Crippen molar-refractivity contribution in [3.05, 3.63) is 10.5 Å². The van der Waals surface area contributed by atoms with Crippen LogP contribution in [-0.2, 0) is 7.05 Å². The summed E-state index contributed by atoms with van der Waals surface area (Å²) in [5.74, 6) is 0. The molecule has 54 valence electrons. The molecule has 10 heavy (non-hydrogen) atoms. The lowest BCUT2D eigenvalue weighted by Gasteiger charge is -1.87. The highest BCUT2D eigenvalue weighted by molar-refractivity contribution is 4.79. The molecule has 1 aromatic rings. The van der Waals surface area contributed by atoms with E-state index < -0.39 is 0 Å². The molecular formula is C5H8N4O. The molecule has 0 amide bonds. The summed E-state index contributed by atoms with van der Waals surface area (Å²) >= 11 is 0. The number of nitrogens with zero attached hydrogens (tertiary/aromatic N) is 4. The number of aryl methyl sites for hydroxylation is 1. The van der Waals surface area contributed by atoms with Crippen LogP contribution in [0.3, 0.4) is 0 Å². The third-order valence-electron chi connectivity index (χ3n) is 1.64. The molecule has 0 unspecified atom stereocenters. The van der Waals surface area contributed by atoms with Crippen molar-refractivity contribution < 1.29 is 0 Å². The van der Waals surface area contributed by atoms with E-state index in [0.717, 1.165) is 12.8 Å². The van der Waals surface area contributed by atoms with Crippen LogP contribution in [0, 0.1) is 0 Å². The third-order valence-corrected chi connectivity index (χ3v) is 1.64. The molecule has 1 aliphatic rings. The Morgan fingerprint density at radius 3 is 2.60 bits per heavy atom. The fourth-order valence-corrected chi connectivity index (χ4v) is 0.876. The largest absolute Gasteiger partial charge is 0.363 e. The summed E-state index contributed by atoms with van der Waals surface area (Å²) < 4.78 is 2.69. The molecular weight excluding hydrogens is 132 g/mol. The zero-order valence-electron chi connectivity index (χ0n) is 5.69. The van der Waals surface area contributed by atoms with Gasteiger partial charge in [-0.3, -0.25) is 0 Å². The van der Waals surface area contributed by atoms with Crippen LogP contribution in [0.2, 0.25) is 0 Å². The van der Waals surface area contributed by atoms with Gasteiger partial charge in [-0.15, -0.1) is 0 Å². The van der Waals surface area contributed by atoms with Crippen molar-refractivity contribution >= 4 is 0 Å². The molecule has 0 radical (unpaired) electrons. The van der Waals surface area contributed by atoms with Crippen LogP contribution in [0.1, 0.15) is 18.9 Å². The fraction of sp³-hybridized carbons (Fsp3) is 0.800. The Hall–Kier alpha value is -1.13. The molecule has 1 aromatic heterocycles. The maximum absolute atomic E-state index is 11.1. The van der Waals surface area contributed by atoms with E-state index in [1.54, 1.807) is 7.05 Å². The molecule has 2 rings (SSSR count). The summed E-state index contributed by atoms with van der Waals surface area (Å²) in [6.45, 7) is 0. The summed E-state index contributed by atoms with van der Waals surface area (Å²) in [5, 5.41) is 7.29. The summed E-state index contributed by atoms with van der Waals surface area (Å²) in [5.41, 5.74) is -0.109. The van der Waals surface area contributed by atoms with Crippen LogP contribution in [0.25, 0.3) is 0 Å². The Labute approximate surface area is 57.2 Å². The van der Waals surface area contributed by atoms with E-state index >= 15 is 0 Å². The second-order valence-corrected chi connectivity index (χ2v) is 2.56. The number of hydrogen-bond acceptors (Lipinski definition) is 3. The van der Waals surface area contributed by atoms with Gasteiger partial charge in [-0.1, -0.05) is 0 Å². The predicted molar refractivity (Wildman–Crippen MR) is 33.5 cm³/mol. The Balaban J connectivity index is 2.50. The number of tetrazole rings is 1. The minimum atomic E-state index is -0.109. The van der Waals surface area contributed by atoms with E-state index in [4.69, 9.17) is 0 Å². The van der Waals surface area contributed by atoms with Crippen molar-refractivity contribution in [1.82, 2.24) is 19.8 Å². The van der Waals surface area contributed by atoms with Gasteiger partial charge in [0.15, 0.2) is 0 Å². The van der Waals surface area contributed by atoms with Gasteiger partial charge in [0.2, 0.25) is 0 Å². The zero-order chi connectivity index (χ0) is 7.14. The normalized spacial score (nSPS) is 17.7. The molecule has 0 aromatic carbocycles. The van der Waals surface area contributed by atoms with Crippen molar-refractivity contribution in [3.63, 3.8) is 0 Å². The minimum Gasteiger partial charge on any atom is -0.244 e. The average molecular weight is 140 g/mol. The van der Waals surface area contributed by atoms with Gasteiger partial charge in [-0.2, -0.15) is 9.36 Å². The molecule has 1 saturated carbocycles. The van der Waals surface area contributed by atoms with Crippen LogP contribution in [0.15, 0.2) is 4.79 Å². The van der Waals surface area contributed by atoms with Gasteiger partial charge in [0.1, 0.15) is 0 Å². The first-order valence-electron chi connectivity index (χ1n) is 3.27. The van der Waals surface area contributed by atoms with E-state index in [1.165, 1.54) is 9.36 Å². The van der Waals surface area contributed by atoms with Gasteiger partial charge >= 0.3 is 5.69 Å². The lowest BCUT2D eigenvalue weighted by Crippen LogP contribution is -2.22. The maximum atomic E-state index is 11.1. The van der Waals surface area contributed by atoms with E-state index in [2.05, 4.69) is 10.4 Å². The first-order valence-corrected chi connectivity index (χ1v) is 3.27. The molecule has 0 N–H and O–H groups in total. The number of aromatic nitrogens is 4. The van der Waals surface area contributed by atoms with E-state index in [-0.39, 0.29) is 5.69 Å². The SMILES string of the molecule is Cn1nnn(C2CC2)c1=O. The maximum Gasteiger partial charge on any atom is 0.363 e. The summed E-state index contributed by atoms with van der Waals surface area (Å²) in [7, 11) is 1.61. The van der Waals surface area contributed by atoms with Crippen molar-refractivity contribution in [2.75, 3.05) is 0 Å². The second kappa shape index (κ2) is 1.68. The molecule has 0 bridgehead atoms. The van der Waals surface area contributed by atoms with E-state index in [0.29, 0.717) is 6.04 Å². The van der Waals surface area contributed by atoms with Gasteiger partial charge < -0.3 is 0 Å². The fourth-order valence-electron chi connectivity index (χ4n) is 0.876. The Morgan fingerprint density at radius 2 is 2.20 bits per heavy atom. The van der Waals surface area contributed by atoms with Crippen molar-refractivity contribution in [3.8, 4) is 0 Å². The molecule has 1 fully saturated rings. The van der Waals surface area contributed by atoms with E-state index in [1.807, 2.05) is 0 Å². The molecule has 1 heterocycles. The van der Waals surface area contributed by atoms with Gasteiger partial charge in [0.25, 0.3) is 0 Å². The van der Waals surface area contributed by atoms with Crippen LogP contribution in [0.5, 0.6) is 0 Å². The van der Waals surface area contributed by atoms with Crippen LogP contribution >= 0.6 is 0 Å². The van der Waals surface area contributed by atoms with Crippen LogP contribution in [0.4, 0.5) is 0 Å². The lowest BCUT2D eigenvalue weighted by molar-refractivity contribution is 0.593. The molecule has 0 spiro atoms. The first-order chi connectivity index (χ1) is 4.79. The first kappa shape index (κ1) is 5.64. The lowest BCUT2D eigenvalue weighted by atomic mass is 10.7. The number of hydrogen-bond donors (Lipinski definition) is 0. The molecule has 0 atom stereocenters. The third kappa shape index (κ3) is 0.665. The molecule has 5 heteroatoms. The minimum absolute atomic E-state index is 0.109. The standard InChI is InChI=1S/C5H8N4O/c1-8-5(10)9(7-6-8)4-2-3-4/h4H,2-3H2,1H3. The highest BCUT2D eigenvalue weighted by atomic mass is 16.2. The highest BCUT2D eigenvalue weighted by Crippen LogP contribution is 2.32. The van der Waals surface area contributed by atoms with Crippen molar-refractivity contribution in [2.24, 2.45) is 7.05 Å². The van der Waals surface area contributed by atoms with Gasteiger partial charge in [0.05, 0.1) is 6.04 Å². The topological polar surface area (TPSA) is 52.7 Å². The Bertz CT molecular complexity index is 295. The van der Waals surface area contributed by atoms with Gasteiger partial charge in [0, 0.05) is 7.05 Å². The molecule has 5 nitrogen and oxygen atoms in total. The van der Waals surface area contributed by atoms with Crippen molar-refractivity contribution in [1.29, 1.82) is 0 Å². The molecule has 1 aliphatic carbocycles. The Morgan fingerprint density at radius 1 is 1.50 bits per heavy atom. The predicted octanol–water partition coefficient (Wildman–Crippen LogP) is -0.688. The van der Waals surface area contributed by atoms with Gasteiger partial charge in [-0.25, -0.2) is 4.79 Å². The smallest absolute Gasteiger partial charge is 0.244 e. The summed E-state index contributed by atoms with van der Waals surface area (Å²) in [6, 6.07) is 0.334. The number of rotatable bonds is 1.